The standard InChI is InChI=1S/C19H24ClNO2/c1-13(2)15-5-8-17(9-6-15)23-14(3)12-21-16-7-10-19(22-4)18(20)11-16/h5-11,13-14,21H,12H2,1-4H3. The van der Waals surface area contributed by atoms with E-state index in [0.29, 0.717) is 23.2 Å². The summed E-state index contributed by atoms with van der Waals surface area (Å²) in [5, 5.41) is 3.91. The fraction of sp³-hybridized carbons (Fsp3) is 0.368. The molecule has 23 heavy (non-hydrogen) atoms. The van der Waals surface area contributed by atoms with Gasteiger partial charge in [0.15, 0.2) is 0 Å². The minimum Gasteiger partial charge on any atom is -0.495 e. The van der Waals surface area contributed by atoms with Gasteiger partial charge in [-0.2, -0.15) is 0 Å². The Kier molecular flexibility index (Phi) is 6.17. The Bertz CT molecular complexity index is 626. The molecule has 0 aliphatic carbocycles. The van der Waals surface area contributed by atoms with E-state index in [1.54, 1.807) is 7.11 Å². The number of anilines is 1. The maximum absolute atomic E-state index is 6.12. The highest BCUT2D eigenvalue weighted by Gasteiger charge is 2.07. The van der Waals surface area contributed by atoms with E-state index in [1.165, 1.54) is 5.56 Å². The number of hydrogen-bond donors (Lipinski definition) is 1. The third-order valence-electron chi connectivity index (χ3n) is 3.63. The van der Waals surface area contributed by atoms with Gasteiger partial charge in [-0.25, -0.2) is 0 Å². The molecule has 2 rings (SSSR count). The Morgan fingerprint density at radius 1 is 1.04 bits per heavy atom. The third kappa shape index (κ3) is 5.07. The molecular formula is C19H24ClNO2. The molecule has 124 valence electrons. The predicted octanol–water partition coefficient (Wildman–Crippen LogP) is 5.35. The number of nitrogens with one attached hydrogen (secondary N) is 1. The minimum atomic E-state index is 0.0424. The Hall–Kier alpha value is -1.87. The van der Waals surface area contributed by atoms with Gasteiger partial charge in [-0.15, -0.1) is 0 Å². The van der Waals surface area contributed by atoms with Gasteiger partial charge in [0.1, 0.15) is 17.6 Å². The van der Waals surface area contributed by atoms with Crippen molar-refractivity contribution >= 4 is 17.3 Å². The number of rotatable bonds is 7. The molecule has 0 aliphatic heterocycles. The van der Waals surface area contributed by atoms with Gasteiger partial charge in [0.25, 0.3) is 0 Å². The lowest BCUT2D eigenvalue weighted by atomic mass is 10.0. The zero-order chi connectivity index (χ0) is 16.8. The molecule has 1 atom stereocenters. The minimum absolute atomic E-state index is 0.0424. The smallest absolute Gasteiger partial charge is 0.137 e. The van der Waals surface area contributed by atoms with E-state index >= 15 is 0 Å². The Labute approximate surface area is 143 Å². The summed E-state index contributed by atoms with van der Waals surface area (Å²) in [6.45, 7) is 7.09. The van der Waals surface area contributed by atoms with Gasteiger partial charge in [-0.1, -0.05) is 37.6 Å². The summed E-state index contributed by atoms with van der Waals surface area (Å²) >= 11 is 6.12. The highest BCUT2D eigenvalue weighted by Crippen LogP contribution is 2.27. The first-order valence-electron chi connectivity index (χ1n) is 7.83. The fourth-order valence-corrected chi connectivity index (χ4v) is 2.50. The summed E-state index contributed by atoms with van der Waals surface area (Å²) in [7, 11) is 1.61. The van der Waals surface area contributed by atoms with Crippen LogP contribution in [0.4, 0.5) is 5.69 Å². The molecule has 0 aromatic heterocycles. The van der Waals surface area contributed by atoms with E-state index in [4.69, 9.17) is 21.1 Å². The molecule has 0 bridgehead atoms. The quantitative estimate of drug-likeness (QED) is 0.740. The van der Waals surface area contributed by atoms with Crippen LogP contribution in [0, 0.1) is 0 Å². The van der Waals surface area contributed by atoms with Crippen molar-refractivity contribution < 1.29 is 9.47 Å². The highest BCUT2D eigenvalue weighted by atomic mass is 35.5. The van der Waals surface area contributed by atoms with Gasteiger partial charge in [-0.3, -0.25) is 0 Å². The zero-order valence-corrected chi connectivity index (χ0v) is 14.9. The summed E-state index contributed by atoms with van der Waals surface area (Å²) in [5.41, 5.74) is 2.26. The Morgan fingerprint density at radius 2 is 1.74 bits per heavy atom. The van der Waals surface area contributed by atoms with Crippen LogP contribution in [0.25, 0.3) is 0 Å². The normalized spacial score (nSPS) is 12.1. The number of halogens is 1. The summed E-state index contributed by atoms with van der Waals surface area (Å²) in [4.78, 5) is 0. The molecule has 0 saturated carbocycles. The lowest BCUT2D eigenvalue weighted by molar-refractivity contribution is 0.234. The van der Waals surface area contributed by atoms with E-state index in [2.05, 4.69) is 31.3 Å². The molecule has 2 aromatic carbocycles. The second-order valence-electron chi connectivity index (χ2n) is 5.88. The number of ether oxygens (including phenoxy) is 2. The Morgan fingerprint density at radius 3 is 2.30 bits per heavy atom. The summed E-state index contributed by atoms with van der Waals surface area (Å²) < 4.78 is 11.1. The highest BCUT2D eigenvalue weighted by molar-refractivity contribution is 6.32. The molecule has 0 heterocycles. The largest absolute Gasteiger partial charge is 0.495 e. The van der Waals surface area contributed by atoms with Gasteiger partial charge in [-0.05, 0) is 48.7 Å². The average molecular weight is 334 g/mol. The van der Waals surface area contributed by atoms with Crippen LogP contribution in [0.3, 0.4) is 0 Å². The van der Waals surface area contributed by atoms with Crippen LogP contribution in [-0.4, -0.2) is 19.8 Å². The van der Waals surface area contributed by atoms with Crippen LogP contribution < -0.4 is 14.8 Å². The maximum atomic E-state index is 6.12. The van der Waals surface area contributed by atoms with Crippen LogP contribution in [0.2, 0.25) is 5.02 Å². The van der Waals surface area contributed by atoms with Gasteiger partial charge in [0.2, 0.25) is 0 Å². The van der Waals surface area contributed by atoms with Crippen molar-refractivity contribution in [1.29, 1.82) is 0 Å². The van der Waals surface area contributed by atoms with Crippen LogP contribution in [0.1, 0.15) is 32.3 Å². The molecule has 4 heteroatoms. The molecule has 0 fully saturated rings. The van der Waals surface area contributed by atoms with Crippen LogP contribution in [-0.2, 0) is 0 Å². The summed E-state index contributed by atoms with van der Waals surface area (Å²) in [6.07, 6.45) is 0.0424. The van der Waals surface area contributed by atoms with Crippen molar-refractivity contribution in [3.63, 3.8) is 0 Å². The van der Waals surface area contributed by atoms with Crippen molar-refractivity contribution in [2.45, 2.75) is 32.8 Å². The van der Waals surface area contributed by atoms with Crippen molar-refractivity contribution in [2.75, 3.05) is 19.0 Å². The first-order valence-corrected chi connectivity index (χ1v) is 8.21. The van der Waals surface area contributed by atoms with Crippen LogP contribution in [0.5, 0.6) is 11.5 Å². The van der Waals surface area contributed by atoms with Crippen molar-refractivity contribution in [2.24, 2.45) is 0 Å². The summed E-state index contributed by atoms with van der Waals surface area (Å²) in [5.74, 6) is 2.09. The van der Waals surface area contributed by atoms with E-state index in [0.717, 1.165) is 11.4 Å². The van der Waals surface area contributed by atoms with Crippen LogP contribution in [0.15, 0.2) is 42.5 Å². The molecular weight excluding hydrogens is 310 g/mol. The monoisotopic (exact) mass is 333 g/mol. The van der Waals surface area contributed by atoms with Gasteiger partial charge < -0.3 is 14.8 Å². The maximum Gasteiger partial charge on any atom is 0.137 e. The van der Waals surface area contributed by atoms with E-state index in [1.807, 2.05) is 37.3 Å². The Balaban J connectivity index is 1.87. The molecule has 3 nitrogen and oxygen atoms in total. The van der Waals surface area contributed by atoms with Gasteiger partial charge in [0, 0.05) is 5.69 Å². The van der Waals surface area contributed by atoms with Gasteiger partial charge in [0.05, 0.1) is 18.7 Å². The third-order valence-corrected chi connectivity index (χ3v) is 3.92. The molecule has 0 spiro atoms. The van der Waals surface area contributed by atoms with Gasteiger partial charge >= 0.3 is 0 Å². The second-order valence-corrected chi connectivity index (χ2v) is 6.29. The van der Waals surface area contributed by atoms with Crippen LogP contribution >= 0.6 is 11.6 Å². The van der Waals surface area contributed by atoms with Crippen molar-refractivity contribution in [1.82, 2.24) is 0 Å². The molecule has 2 aromatic rings. The first kappa shape index (κ1) is 17.5. The second kappa shape index (κ2) is 8.11. The van der Waals surface area contributed by atoms with Crippen molar-refractivity contribution in [3.05, 3.63) is 53.1 Å². The SMILES string of the molecule is COc1ccc(NCC(C)Oc2ccc(C(C)C)cc2)cc1Cl. The van der Waals surface area contributed by atoms with E-state index in [-0.39, 0.29) is 6.10 Å². The number of hydrogen-bond acceptors (Lipinski definition) is 3. The van der Waals surface area contributed by atoms with E-state index < -0.39 is 0 Å². The fourth-order valence-electron chi connectivity index (χ4n) is 2.24. The first-order chi connectivity index (χ1) is 11.0. The molecule has 0 saturated heterocycles. The zero-order valence-electron chi connectivity index (χ0n) is 14.1. The van der Waals surface area contributed by atoms with Crippen molar-refractivity contribution in [3.8, 4) is 11.5 Å². The number of methoxy groups -OCH3 is 1. The molecule has 0 radical (unpaired) electrons. The average Bonchev–Trinajstić information content (AvgIpc) is 2.53. The van der Waals surface area contributed by atoms with E-state index in [9.17, 15) is 0 Å². The molecule has 1 unspecified atom stereocenters. The lowest BCUT2D eigenvalue weighted by Gasteiger charge is -2.17. The molecule has 1 N–H and O–H groups in total. The molecule has 0 aliphatic rings. The predicted molar refractivity (Wildman–Crippen MR) is 97.1 cm³/mol. The topological polar surface area (TPSA) is 30.5 Å². The number of benzene rings is 2. The molecule has 0 amide bonds. The summed E-state index contributed by atoms with van der Waals surface area (Å²) in [6, 6.07) is 13.9. The lowest BCUT2D eigenvalue weighted by Crippen LogP contribution is -2.22.